The second kappa shape index (κ2) is 8.14. The lowest BCUT2D eigenvalue weighted by molar-refractivity contribution is -0.123. The van der Waals surface area contributed by atoms with E-state index in [-0.39, 0.29) is 12.5 Å². The van der Waals surface area contributed by atoms with E-state index in [0.29, 0.717) is 12.0 Å². The molecule has 5 heteroatoms. The summed E-state index contributed by atoms with van der Waals surface area (Å²) in [6.07, 6.45) is 8.91. The molecule has 1 atom stereocenters. The van der Waals surface area contributed by atoms with Crippen LogP contribution >= 0.6 is 0 Å². The van der Waals surface area contributed by atoms with Crippen molar-refractivity contribution in [3.05, 3.63) is 35.9 Å². The summed E-state index contributed by atoms with van der Waals surface area (Å²) in [5, 5.41) is 5.65. The molecule has 28 heavy (non-hydrogen) atoms. The van der Waals surface area contributed by atoms with Gasteiger partial charge >= 0.3 is 6.09 Å². The monoisotopic (exact) mass is 384 g/mol. The standard InChI is InChI=1S/C23H32N2O3/c1-16(25-22(27)28-15-17-5-3-2-4-6-17)21(26)24-8-7-23-12-18-9-19(13-23)11-20(10-18)14-23/h2-6,16,18-20H,7-15H2,1H3,(H,24,26)(H,25,27)/t16-,18?,19?,20?,23?/m0/s1. The Morgan fingerprint density at radius 1 is 1.07 bits per heavy atom. The quantitative estimate of drug-likeness (QED) is 0.746. The Kier molecular flexibility index (Phi) is 5.61. The third-order valence-electron chi connectivity index (χ3n) is 7.06. The molecule has 2 amide bonds. The third kappa shape index (κ3) is 4.50. The fourth-order valence-corrected chi connectivity index (χ4v) is 6.21. The van der Waals surface area contributed by atoms with Gasteiger partial charge < -0.3 is 15.4 Å². The molecule has 0 heterocycles. The maximum atomic E-state index is 12.4. The smallest absolute Gasteiger partial charge is 0.408 e. The van der Waals surface area contributed by atoms with E-state index in [4.69, 9.17) is 4.74 Å². The molecule has 0 aliphatic heterocycles. The van der Waals surface area contributed by atoms with Gasteiger partial charge in [0, 0.05) is 6.54 Å². The lowest BCUT2D eigenvalue weighted by Gasteiger charge is -2.57. The molecule has 4 aliphatic carbocycles. The molecule has 0 aromatic heterocycles. The molecule has 4 saturated carbocycles. The maximum absolute atomic E-state index is 12.4. The van der Waals surface area contributed by atoms with Gasteiger partial charge in [-0.25, -0.2) is 4.79 Å². The van der Waals surface area contributed by atoms with Crippen molar-refractivity contribution in [1.82, 2.24) is 10.6 Å². The van der Waals surface area contributed by atoms with Crippen molar-refractivity contribution in [2.75, 3.05) is 6.54 Å². The van der Waals surface area contributed by atoms with Crippen molar-refractivity contribution in [2.45, 2.75) is 64.5 Å². The fourth-order valence-electron chi connectivity index (χ4n) is 6.21. The fraction of sp³-hybridized carbons (Fsp3) is 0.652. The predicted molar refractivity (Wildman–Crippen MR) is 107 cm³/mol. The Morgan fingerprint density at radius 2 is 1.68 bits per heavy atom. The van der Waals surface area contributed by atoms with Crippen LogP contribution < -0.4 is 10.6 Å². The minimum absolute atomic E-state index is 0.138. The van der Waals surface area contributed by atoms with Gasteiger partial charge in [-0.3, -0.25) is 4.79 Å². The first-order chi connectivity index (χ1) is 13.5. The summed E-state index contributed by atoms with van der Waals surface area (Å²) in [6.45, 7) is 2.60. The Morgan fingerprint density at radius 3 is 2.29 bits per heavy atom. The Hall–Kier alpha value is -2.04. The van der Waals surface area contributed by atoms with E-state index >= 15 is 0 Å². The van der Waals surface area contributed by atoms with E-state index in [0.717, 1.165) is 29.7 Å². The second-order valence-corrected chi connectivity index (χ2v) is 9.39. The summed E-state index contributed by atoms with van der Waals surface area (Å²) in [4.78, 5) is 24.3. The minimum atomic E-state index is -0.598. The highest BCUT2D eigenvalue weighted by atomic mass is 16.5. The van der Waals surface area contributed by atoms with Crippen LogP contribution in [0.1, 0.15) is 57.4 Å². The van der Waals surface area contributed by atoms with Crippen LogP contribution in [0.25, 0.3) is 0 Å². The van der Waals surface area contributed by atoms with Crippen LogP contribution in [0.5, 0.6) is 0 Å². The van der Waals surface area contributed by atoms with Crippen molar-refractivity contribution >= 4 is 12.0 Å². The number of alkyl carbamates (subject to hydrolysis) is 1. The molecular weight excluding hydrogens is 352 g/mol. The summed E-state index contributed by atoms with van der Waals surface area (Å²) >= 11 is 0. The molecule has 4 aliphatic rings. The molecule has 5 rings (SSSR count). The van der Waals surface area contributed by atoms with Crippen LogP contribution in [-0.2, 0) is 16.1 Å². The van der Waals surface area contributed by atoms with Crippen LogP contribution in [0, 0.1) is 23.2 Å². The molecule has 5 nitrogen and oxygen atoms in total. The zero-order valence-electron chi connectivity index (χ0n) is 16.8. The van der Waals surface area contributed by atoms with Crippen LogP contribution in [-0.4, -0.2) is 24.6 Å². The molecule has 0 spiro atoms. The second-order valence-electron chi connectivity index (χ2n) is 9.39. The normalized spacial score (nSPS) is 31.2. The number of ether oxygens (including phenoxy) is 1. The highest BCUT2D eigenvalue weighted by Crippen LogP contribution is 2.61. The van der Waals surface area contributed by atoms with Gasteiger partial charge in [0.15, 0.2) is 0 Å². The summed E-state index contributed by atoms with van der Waals surface area (Å²) in [7, 11) is 0. The summed E-state index contributed by atoms with van der Waals surface area (Å²) < 4.78 is 5.19. The van der Waals surface area contributed by atoms with E-state index in [2.05, 4.69) is 10.6 Å². The maximum Gasteiger partial charge on any atom is 0.408 e. The largest absolute Gasteiger partial charge is 0.445 e. The Bertz CT molecular complexity index is 668. The average molecular weight is 385 g/mol. The van der Waals surface area contributed by atoms with E-state index in [9.17, 15) is 9.59 Å². The molecule has 0 radical (unpaired) electrons. The van der Waals surface area contributed by atoms with Gasteiger partial charge in [0.25, 0.3) is 0 Å². The average Bonchev–Trinajstić information content (AvgIpc) is 2.66. The molecule has 1 aromatic rings. The van der Waals surface area contributed by atoms with Gasteiger partial charge in [-0.15, -0.1) is 0 Å². The number of hydrogen-bond donors (Lipinski definition) is 2. The zero-order chi connectivity index (χ0) is 19.6. The number of rotatable bonds is 7. The van der Waals surface area contributed by atoms with Gasteiger partial charge in [0.2, 0.25) is 5.91 Å². The van der Waals surface area contributed by atoms with Crippen LogP contribution in [0.3, 0.4) is 0 Å². The van der Waals surface area contributed by atoms with Gasteiger partial charge in [0.1, 0.15) is 12.6 Å². The zero-order valence-corrected chi connectivity index (χ0v) is 16.8. The minimum Gasteiger partial charge on any atom is -0.445 e. The molecule has 2 N–H and O–H groups in total. The first-order valence-corrected chi connectivity index (χ1v) is 10.8. The molecule has 152 valence electrons. The molecule has 0 unspecified atom stereocenters. The third-order valence-corrected chi connectivity index (χ3v) is 7.06. The SMILES string of the molecule is C[C@H](NC(=O)OCc1ccccc1)C(=O)NCCC12CC3CC(CC(C3)C1)C2. The highest BCUT2D eigenvalue weighted by Gasteiger charge is 2.50. The highest BCUT2D eigenvalue weighted by molar-refractivity contribution is 5.85. The number of carbonyl (C=O) groups excluding carboxylic acids is 2. The van der Waals surface area contributed by atoms with Crippen molar-refractivity contribution in [3.8, 4) is 0 Å². The van der Waals surface area contributed by atoms with Crippen molar-refractivity contribution in [1.29, 1.82) is 0 Å². The molecule has 4 fully saturated rings. The Labute approximate surface area is 167 Å². The molecule has 0 saturated heterocycles. The van der Waals surface area contributed by atoms with E-state index in [1.165, 1.54) is 38.5 Å². The number of carbonyl (C=O) groups is 2. The van der Waals surface area contributed by atoms with E-state index in [1.54, 1.807) is 6.92 Å². The summed E-state index contributed by atoms with van der Waals surface area (Å²) in [6, 6.07) is 8.91. The molecule has 1 aromatic carbocycles. The van der Waals surface area contributed by atoms with Crippen molar-refractivity contribution < 1.29 is 14.3 Å². The first-order valence-electron chi connectivity index (χ1n) is 10.8. The van der Waals surface area contributed by atoms with Crippen LogP contribution in [0.15, 0.2) is 30.3 Å². The Balaban J connectivity index is 1.17. The van der Waals surface area contributed by atoms with Gasteiger partial charge in [-0.05, 0) is 80.6 Å². The van der Waals surface area contributed by atoms with Crippen molar-refractivity contribution in [3.63, 3.8) is 0 Å². The first kappa shape index (κ1) is 19.3. The lowest BCUT2D eigenvalue weighted by atomic mass is 9.49. The van der Waals surface area contributed by atoms with Crippen molar-refractivity contribution in [2.24, 2.45) is 23.2 Å². The number of hydrogen-bond acceptors (Lipinski definition) is 3. The number of benzene rings is 1. The van der Waals surface area contributed by atoms with Gasteiger partial charge in [-0.1, -0.05) is 30.3 Å². The van der Waals surface area contributed by atoms with E-state index < -0.39 is 12.1 Å². The molecule has 4 bridgehead atoms. The lowest BCUT2D eigenvalue weighted by Crippen LogP contribution is -2.49. The van der Waals surface area contributed by atoms with Crippen LogP contribution in [0.2, 0.25) is 0 Å². The molecular formula is C23H32N2O3. The van der Waals surface area contributed by atoms with E-state index in [1.807, 2.05) is 30.3 Å². The summed E-state index contributed by atoms with van der Waals surface area (Å²) in [5.41, 5.74) is 1.39. The summed E-state index contributed by atoms with van der Waals surface area (Å²) in [5.74, 6) is 2.66. The van der Waals surface area contributed by atoms with Gasteiger partial charge in [0.05, 0.1) is 0 Å². The topological polar surface area (TPSA) is 67.4 Å². The van der Waals surface area contributed by atoms with Crippen LogP contribution in [0.4, 0.5) is 4.79 Å². The number of nitrogens with one attached hydrogen (secondary N) is 2. The number of amides is 2. The van der Waals surface area contributed by atoms with Gasteiger partial charge in [-0.2, -0.15) is 0 Å². The predicted octanol–water partition coefficient (Wildman–Crippen LogP) is 4.02.